The van der Waals surface area contributed by atoms with Crippen molar-refractivity contribution in [3.05, 3.63) is 0 Å². The van der Waals surface area contributed by atoms with Crippen LogP contribution in [0.4, 0.5) is 0 Å². The zero-order chi connectivity index (χ0) is 14.3. The van der Waals surface area contributed by atoms with E-state index in [0.717, 1.165) is 16.4 Å². The minimum absolute atomic E-state index is 0.660. The largest absolute Gasteiger partial charge is 0.314 e. The van der Waals surface area contributed by atoms with Gasteiger partial charge < -0.3 is 5.73 Å². The van der Waals surface area contributed by atoms with Crippen molar-refractivity contribution >= 4 is 0 Å². The van der Waals surface area contributed by atoms with Gasteiger partial charge in [-0.25, -0.2) is 4.59 Å². The Hall–Kier alpha value is -0.120. The number of nitrogens with zero attached hydrogens (tertiary/aromatic N) is 2. The first kappa shape index (κ1) is 16.9. The van der Waals surface area contributed by atoms with Crippen molar-refractivity contribution in [1.82, 2.24) is 5.01 Å². The molecule has 0 amide bonds. The highest BCUT2D eigenvalue weighted by atomic mass is 15.7. The van der Waals surface area contributed by atoms with Crippen LogP contribution in [-0.2, 0) is 0 Å². The number of hydrogen-bond acceptors (Lipinski definition) is 2. The molecule has 0 aliphatic heterocycles. The standard InChI is InChI=1S/C16H36N3/c1-5-7-11-19(6-2,18(4)14-17)13-15(3)12-16-9-8-10-16/h15-16H,5-14,17H2,1-4H3/q+1/t15?,19-/m1/s1. The topological polar surface area (TPSA) is 29.3 Å². The van der Waals surface area contributed by atoms with E-state index in [0.29, 0.717) is 6.67 Å². The highest BCUT2D eigenvalue weighted by molar-refractivity contribution is 4.72. The molecule has 1 aliphatic carbocycles. The normalized spacial score (nSPS) is 21.2. The molecular formula is C16H36N3+. The highest BCUT2D eigenvalue weighted by Gasteiger charge is 2.33. The van der Waals surface area contributed by atoms with Crippen molar-refractivity contribution < 1.29 is 4.59 Å². The predicted molar refractivity (Wildman–Crippen MR) is 83.4 cm³/mol. The van der Waals surface area contributed by atoms with E-state index >= 15 is 0 Å². The summed E-state index contributed by atoms with van der Waals surface area (Å²) in [5.41, 5.74) is 5.93. The Labute approximate surface area is 120 Å². The predicted octanol–water partition coefficient (Wildman–Crippen LogP) is 3.21. The summed E-state index contributed by atoms with van der Waals surface area (Å²) in [5, 5.41) is 2.35. The molecule has 3 heteroatoms. The molecule has 0 radical (unpaired) electrons. The molecule has 19 heavy (non-hydrogen) atoms. The van der Waals surface area contributed by atoms with Crippen LogP contribution in [0.5, 0.6) is 0 Å². The van der Waals surface area contributed by atoms with Gasteiger partial charge in [-0.05, 0) is 25.7 Å². The fourth-order valence-corrected chi connectivity index (χ4v) is 3.51. The molecule has 1 saturated carbocycles. The van der Waals surface area contributed by atoms with Crippen LogP contribution < -0.4 is 5.73 Å². The first-order valence-corrected chi connectivity index (χ1v) is 8.35. The minimum Gasteiger partial charge on any atom is -0.314 e. The number of nitrogens with two attached hydrogens (primary N) is 1. The molecule has 0 heterocycles. The lowest BCUT2D eigenvalue weighted by molar-refractivity contribution is -1.03. The van der Waals surface area contributed by atoms with Crippen LogP contribution in [0.1, 0.15) is 59.3 Å². The Balaban J connectivity index is 2.58. The van der Waals surface area contributed by atoms with Gasteiger partial charge in [0.2, 0.25) is 0 Å². The molecule has 1 aliphatic rings. The van der Waals surface area contributed by atoms with Crippen LogP contribution >= 0.6 is 0 Å². The molecule has 0 spiro atoms. The van der Waals surface area contributed by atoms with Gasteiger partial charge in [-0.2, -0.15) is 0 Å². The van der Waals surface area contributed by atoms with E-state index in [4.69, 9.17) is 5.73 Å². The Morgan fingerprint density at radius 2 is 2.00 bits per heavy atom. The molecule has 2 N–H and O–H groups in total. The highest BCUT2D eigenvalue weighted by Crippen LogP contribution is 2.33. The van der Waals surface area contributed by atoms with Gasteiger partial charge >= 0.3 is 0 Å². The Morgan fingerprint density at radius 3 is 2.42 bits per heavy atom. The summed E-state index contributed by atoms with van der Waals surface area (Å²) in [5.74, 6) is 1.83. The third-order valence-electron chi connectivity index (χ3n) is 5.12. The van der Waals surface area contributed by atoms with Gasteiger partial charge in [-0.3, -0.25) is 0 Å². The lowest BCUT2D eigenvalue weighted by Gasteiger charge is -2.45. The smallest absolute Gasteiger partial charge is 0.0990 e. The average molecular weight is 270 g/mol. The van der Waals surface area contributed by atoms with Gasteiger partial charge in [0, 0.05) is 13.0 Å². The van der Waals surface area contributed by atoms with E-state index in [9.17, 15) is 0 Å². The maximum Gasteiger partial charge on any atom is 0.0990 e. The third-order valence-corrected chi connectivity index (χ3v) is 5.12. The molecular weight excluding hydrogens is 234 g/mol. The lowest BCUT2D eigenvalue weighted by atomic mass is 9.79. The molecule has 114 valence electrons. The zero-order valence-electron chi connectivity index (χ0n) is 13.7. The lowest BCUT2D eigenvalue weighted by Crippen LogP contribution is -2.62. The zero-order valence-corrected chi connectivity index (χ0v) is 13.7. The average Bonchev–Trinajstić information content (AvgIpc) is 2.38. The summed E-state index contributed by atoms with van der Waals surface area (Å²) in [6.07, 6.45) is 8.40. The van der Waals surface area contributed by atoms with Gasteiger partial charge in [0.05, 0.1) is 26.3 Å². The van der Waals surface area contributed by atoms with Crippen molar-refractivity contribution in [2.45, 2.75) is 59.3 Å². The molecule has 0 bridgehead atoms. The van der Waals surface area contributed by atoms with E-state index < -0.39 is 0 Å². The second-order valence-corrected chi connectivity index (χ2v) is 6.65. The van der Waals surface area contributed by atoms with Crippen molar-refractivity contribution in [3.8, 4) is 0 Å². The summed E-state index contributed by atoms with van der Waals surface area (Å²) in [4.78, 5) is 0. The number of rotatable bonds is 10. The first-order valence-electron chi connectivity index (χ1n) is 8.35. The van der Waals surface area contributed by atoms with Crippen LogP contribution in [0.3, 0.4) is 0 Å². The molecule has 0 aromatic rings. The Bertz CT molecular complexity index is 240. The fourth-order valence-electron chi connectivity index (χ4n) is 3.51. The third kappa shape index (κ3) is 4.73. The van der Waals surface area contributed by atoms with Crippen LogP contribution in [0, 0.1) is 11.8 Å². The molecule has 0 aromatic heterocycles. The summed E-state index contributed by atoms with van der Waals surface area (Å²) in [6, 6.07) is 0. The number of hydrogen-bond donors (Lipinski definition) is 1. The van der Waals surface area contributed by atoms with Crippen molar-refractivity contribution in [2.24, 2.45) is 17.6 Å². The summed E-state index contributed by atoms with van der Waals surface area (Å²) in [6.45, 7) is 11.4. The molecule has 3 nitrogen and oxygen atoms in total. The first-order chi connectivity index (χ1) is 9.07. The van der Waals surface area contributed by atoms with Gasteiger partial charge in [-0.1, -0.05) is 39.5 Å². The van der Waals surface area contributed by atoms with Gasteiger partial charge in [0.1, 0.15) is 0 Å². The van der Waals surface area contributed by atoms with E-state index in [1.165, 1.54) is 58.2 Å². The number of unbranched alkanes of at least 4 members (excludes halogenated alkanes) is 1. The molecule has 1 unspecified atom stereocenters. The quantitative estimate of drug-likeness (QED) is 0.375. The molecule has 1 rings (SSSR count). The van der Waals surface area contributed by atoms with Crippen LogP contribution in [0.2, 0.25) is 0 Å². The monoisotopic (exact) mass is 270 g/mol. The van der Waals surface area contributed by atoms with Crippen LogP contribution in [0.15, 0.2) is 0 Å². The second-order valence-electron chi connectivity index (χ2n) is 6.65. The van der Waals surface area contributed by atoms with Crippen LogP contribution in [-0.4, -0.2) is 43.0 Å². The van der Waals surface area contributed by atoms with Crippen molar-refractivity contribution in [3.63, 3.8) is 0 Å². The maximum atomic E-state index is 5.93. The molecule has 0 aromatic carbocycles. The summed E-state index contributed by atoms with van der Waals surface area (Å²) >= 11 is 0. The second kappa shape index (κ2) is 8.23. The SMILES string of the molecule is CCCC[N@+](CC)(CC(C)CC1CCC1)N(C)CN. The van der Waals surface area contributed by atoms with Crippen molar-refractivity contribution in [1.29, 1.82) is 0 Å². The van der Waals surface area contributed by atoms with E-state index in [1.807, 2.05) is 0 Å². The fraction of sp³-hybridized carbons (Fsp3) is 1.00. The molecule has 1 fully saturated rings. The van der Waals surface area contributed by atoms with Crippen molar-refractivity contribution in [2.75, 3.05) is 33.4 Å². The maximum absolute atomic E-state index is 5.93. The van der Waals surface area contributed by atoms with E-state index in [-0.39, 0.29) is 0 Å². The summed E-state index contributed by atoms with van der Waals surface area (Å²) in [7, 11) is 2.19. The number of quaternary nitrogens is 1. The van der Waals surface area contributed by atoms with E-state index in [1.54, 1.807) is 0 Å². The Kier molecular flexibility index (Phi) is 7.33. The van der Waals surface area contributed by atoms with E-state index in [2.05, 4.69) is 32.8 Å². The van der Waals surface area contributed by atoms with Gasteiger partial charge in [0.15, 0.2) is 0 Å². The van der Waals surface area contributed by atoms with Crippen LogP contribution in [0.25, 0.3) is 0 Å². The summed E-state index contributed by atoms with van der Waals surface area (Å²) < 4.78 is 1.08. The molecule has 0 saturated heterocycles. The van der Waals surface area contributed by atoms with Gasteiger partial charge in [0.25, 0.3) is 0 Å². The minimum atomic E-state index is 0.660. The Morgan fingerprint density at radius 1 is 1.32 bits per heavy atom. The molecule has 2 atom stereocenters. The van der Waals surface area contributed by atoms with Gasteiger partial charge in [-0.15, -0.1) is 5.01 Å².